The second-order valence-electron chi connectivity index (χ2n) is 15.9. The summed E-state index contributed by atoms with van der Waals surface area (Å²) in [5.41, 5.74) is 9.25. The molecular formula is C51H44N2O4S2. The Morgan fingerprint density at radius 3 is 1.25 bits per heavy atom. The lowest BCUT2D eigenvalue weighted by atomic mass is 9.70. The molecule has 3 aliphatic rings. The van der Waals surface area contributed by atoms with Crippen molar-refractivity contribution in [3.05, 3.63) is 152 Å². The number of benzene rings is 4. The molecule has 0 radical (unpaired) electrons. The molecule has 6 aromatic rings. The van der Waals surface area contributed by atoms with E-state index >= 15 is 0 Å². The summed E-state index contributed by atoms with van der Waals surface area (Å²) in [6.07, 6.45) is 18.3. The number of rotatable bonds is 14. The lowest BCUT2D eigenvalue weighted by molar-refractivity contribution is 0.0975. The molecule has 8 heteroatoms. The van der Waals surface area contributed by atoms with Gasteiger partial charge < -0.3 is 0 Å². The third kappa shape index (κ3) is 6.92. The van der Waals surface area contributed by atoms with E-state index < -0.39 is 0 Å². The van der Waals surface area contributed by atoms with E-state index in [2.05, 4.69) is 50.2 Å². The van der Waals surface area contributed by atoms with Gasteiger partial charge >= 0.3 is 0 Å². The van der Waals surface area contributed by atoms with E-state index in [4.69, 9.17) is 9.97 Å². The fourth-order valence-electron chi connectivity index (χ4n) is 9.20. The highest BCUT2D eigenvalue weighted by Gasteiger charge is 2.43. The molecule has 0 atom stereocenters. The number of fused-ring (bicyclic) bond motifs is 5. The quantitative estimate of drug-likeness (QED) is 0.0618. The van der Waals surface area contributed by atoms with Crippen LogP contribution in [0.1, 0.15) is 140 Å². The lowest BCUT2D eigenvalue weighted by Crippen LogP contribution is -2.25. The molecule has 59 heavy (non-hydrogen) atoms. The van der Waals surface area contributed by atoms with Crippen LogP contribution >= 0.6 is 22.7 Å². The SMILES string of the molecule is CCCCCCC1(CCCCCC)c2cc(-c3ncc(C=C4C(=O)c5ccccc5C4=O)s3)ccc2-c2ccc(-c3ncc(C=C4C(=O)c5ccccc5C4=O)s3)cc21. The zero-order valence-corrected chi connectivity index (χ0v) is 34.9. The molecule has 0 amide bonds. The summed E-state index contributed by atoms with van der Waals surface area (Å²) in [5, 5.41) is 1.70. The smallest absolute Gasteiger partial charge is 0.197 e. The van der Waals surface area contributed by atoms with E-state index in [9.17, 15) is 19.2 Å². The van der Waals surface area contributed by atoms with Gasteiger partial charge in [-0.3, -0.25) is 19.2 Å². The van der Waals surface area contributed by atoms with Crippen molar-refractivity contribution in [3.8, 4) is 32.3 Å². The summed E-state index contributed by atoms with van der Waals surface area (Å²) >= 11 is 3.00. The van der Waals surface area contributed by atoms with Crippen molar-refractivity contribution in [1.29, 1.82) is 0 Å². The minimum absolute atomic E-state index is 0.190. The maximum absolute atomic E-state index is 13.2. The normalized spacial score (nSPS) is 14.8. The van der Waals surface area contributed by atoms with Crippen LogP contribution in [0.25, 0.3) is 44.4 Å². The third-order valence-corrected chi connectivity index (χ3v) is 14.2. The highest BCUT2D eigenvalue weighted by Crippen LogP contribution is 2.56. The van der Waals surface area contributed by atoms with Gasteiger partial charge in [0, 0.05) is 60.9 Å². The maximum atomic E-state index is 13.2. The first-order valence-corrected chi connectivity index (χ1v) is 22.5. The Balaban J connectivity index is 1.08. The van der Waals surface area contributed by atoms with Gasteiger partial charge in [-0.2, -0.15) is 0 Å². The van der Waals surface area contributed by atoms with Crippen LogP contribution in [0.3, 0.4) is 0 Å². The predicted octanol–water partition coefficient (Wildman–Crippen LogP) is 13.1. The number of hydrogen-bond donors (Lipinski definition) is 0. The second-order valence-corrected chi connectivity index (χ2v) is 18.0. The monoisotopic (exact) mass is 812 g/mol. The molecule has 0 bridgehead atoms. The largest absolute Gasteiger partial charge is 0.288 e. The molecule has 9 rings (SSSR count). The van der Waals surface area contributed by atoms with Crippen molar-refractivity contribution >= 4 is 58.0 Å². The maximum Gasteiger partial charge on any atom is 0.197 e. The molecule has 0 N–H and O–H groups in total. The molecule has 0 saturated heterocycles. The molecule has 2 heterocycles. The van der Waals surface area contributed by atoms with E-state index in [0.717, 1.165) is 56.6 Å². The van der Waals surface area contributed by atoms with E-state index in [1.54, 1.807) is 73.1 Å². The summed E-state index contributed by atoms with van der Waals surface area (Å²) in [7, 11) is 0. The van der Waals surface area contributed by atoms with Crippen molar-refractivity contribution < 1.29 is 19.2 Å². The number of nitrogens with zero attached hydrogens (tertiary/aromatic N) is 2. The summed E-state index contributed by atoms with van der Waals surface area (Å²) in [4.78, 5) is 63.9. The fourth-order valence-corrected chi connectivity index (χ4v) is 10.9. The van der Waals surface area contributed by atoms with Crippen LogP contribution in [0.4, 0.5) is 0 Å². The summed E-state index contributed by atoms with van der Waals surface area (Å²) in [5.74, 6) is -0.937. The van der Waals surface area contributed by atoms with Crippen LogP contribution in [0.15, 0.2) is 108 Å². The van der Waals surface area contributed by atoms with Crippen LogP contribution in [0.2, 0.25) is 0 Å². The van der Waals surface area contributed by atoms with Crippen LogP contribution in [-0.2, 0) is 5.41 Å². The van der Waals surface area contributed by atoms with Gasteiger partial charge in [0.1, 0.15) is 10.0 Å². The zero-order valence-electron chi connectivity index (χ0n) is 33.3. The third-order valence-electron chi connectivity index (χ3n) is 12.2. The van der Waals surface area contributed by atoms with Gasteiger partial charge in [0.25, 0.3) is 0 Å². The Morgan fingerprint density at radius 1 is 0.492 bits per heavy atom. The Morgan fingerprint density at radius 2 is 0.881 bits per heavy atom. The second kappa shape index (κ2) is 16.2. The first-order chi connectivity index (χ1) is 28.8. The highest BCUT2D eigenvalue weighted by atomic mass is 32.1. The van der Waals surface area contributed by atoms with Crippen molar-refractivity contribution in [1.82, 2.24) is 9.97 Å². The number of allylic oxidation sites excluding steroid dienone is 2. The molecule has 0 fully saturated rings. The lowest BCUT2D eigenvalue weighted by Gasteiger charge is -2.33. The molecule has 4 aromatic carbocycles. The number of ketones is 4. The van der Waals surface area contributed by atoms with Crippen LogP contribution in [-0.4, -0.2) is 33.1 Å². The van der Waals surface area contributed by atoms with Gasteiger partial charge in [-0.25, -0.2) is 9.97 Å². The van der Waals surface area contributed by atoms with E-state index in [-0.39, 0.29) is 39.7 Å². The number of aromatic nitrogens is 2. The number of thiazole rings is 2. The van der Waals surface area contributed by atoms with Gasteiger partial charge in [0.05, 0.1) is 11.1 Å². The van der Waals surface area contributed by atoms with Crippen LogP contribution in [0, 0.1) is 0 Å². The fraction of sp³-hybridized carbons (Fsp3) is 0.255. The number of carbonyl (C=O) groups excluding carboxylic acids is 4. The number of hydrogen-bond acceptors (Lipinski definition) is 8. The van der Waals surface area contributed by atoms with Gasteiger partial charge in [-0.15, -0.1) is 22.7 Å². The van der Waals surface area contributed by atoms with E-state index in [1.165, 1.54) is 83.5 Å². The molecule has 0 spiro atoms. The van der Waals surface area contributed by atoms with E-state index in [1.807, 2.05) is 0 Å². The Hall–Kier alpha value is -5.70. The molecule has 294 valence electrons. The molecule has 0 saturated carbocycles. The Labute approximate surface area is 352 Å². The average molecular weight is 813 g/mol. The minimum Gasteiger partial charge on any atom is -0.288 e. The topological polar surface area (TPSA) is 94.1 Å². The summed E-state index contributed by atoms with van der Waals surface area (Å²) in [6.45, 7) is 4.51. The van der Waals surface area contributed by atoms with Crippen molar-refractivity contribution in [2.45, 2.75) is 83.5 Å². The Bertz CT molecular complexity index is 2490. The number of carbonyl (C=O) groups is 4. The first-order valence-electron chi connectivity index (χ1n) is 20.8. The van der Waals surface area contributed by atoms with Gasteiger partial charge in [-0.05, 0) is 59.4 Å². The van der Waals surface area contributed by atoms with Crippen molar-refractivity contribution in [2.75, 3.05) is 0 Å². The van der Waals surface area contributed by atoms with Crippen molar-refractivity contribution in [3.63, 3.8) is 0 Å². The van der Waals surface area contributed by atoms with Crippen LogP contribution in [0.5, 0.6) is 0 Å². The van der Waals surface area contributed by atoms with Gasteiger partial charge in [0.15, 0.2) is 23.1 Å². The average Bonchev–Trinajstić information content (AvgIpc) is 4.08. The summed E-state index contributed by atoms with van der Waals surface area (Å²) in [6, 6.07) is 27.5. The summed E-state index contributed by atoms with van der Waals surface area (Å²) < 4.78 is 0. The van der Waals surface area contributed by atoms with Crippen molar-refractivity contribution in [2.24, 2.45) is 0 Å². The Kier molecular flexibility index (Phi) is 10.6. The molecule has 0 aliphatic heterocycles. The molecule has 0 unspecified atom stereocenters. The highest BCUT2D eigenvalue weighted by molar-refractivity contribution is 7.16. The zero-order chi connectivity index (χ0) is 40.7. The number of Topliss-reactive ketones (excluding diaryl/α,β-unsaturated/α-hetero) is 4. The van der Waals surface area contributed by atoms with Gasteiger partial charge in [0.2, 0.25) is 0 Å². The molecule has 6 nitrogen and oxygen atoms in total. The van der Waals surface area contributed by atoms with Gasteiger partial charge in [-0.1, -0.05) is 138 Å². The van der Waals surface area contributed by atoms with Crippen LogP contribution < -0.4 is 0 Å². The number of unbranched alkanes of at least 4 members (excludes halogenated alkanes) is 6. The predicted molar refractivity (Wildman–Crippen MR) is 239 cm³/mol. The van der Waals surface area contributed by atoms with E-state index in [0.29, 0.717) is 22.3 Å². The molecule has 3 aliphatic carbocycles. The minimum atomic E-state index is -0.234. The molecular weight excluding hydrogens is 769 g/mol. The standard InChI is InChI=1S/C51H44N2O4S2/c1-3-5-7-13-23-51(24-14-8-6-4-2)43-25-31(49-52-29-33(58-49)27-41-45(54)37-15-9-10-16-38(37)46(41)55)19-21-35(43)36-22-20-32(26-44(36)51)50-53-30-34(59-50)28-42-47(56)39-17-11-12-18-40(39)48(42)57/h9-12,15-22,25-30H,3-8,13-14,23-24H2,1-2H3. The first kappa shape index (κ1) is 38.8. The molecule has 2 aromatic heterocycles.